The SMILES string of the molecule is CCCCCCCCCCCCCCCCN1CC[N+]2=C1CCCCCCCCCCC2. The number of unbranched alkanes of at least 4 members (excludes halogenated alkanes) is 13. The summed E-state index contributed by atoms with van der Waals surface area (Å²) in [6, 6.07) is 0. The molecule has 0 aliphatic carbocycles. The molecule has 0 amide bonds. The Hall–Kier alpha value is -0.530. The summed E-state index contributed by atoms with van der Waals surface area (Å²) in [4.78, 5) is 2.78. The van der Waals surface area contributed by atoms with Crippen molar-refractivity contribution in [2.45, 2.75) is 161 Å². The lowest BCUT2D eigenvalue weighted by Gasteiger charge is -2.14. The largest absolute Gasteiger partial charge is 0.262 e. The van der Waals surface area contributed by atoms with Crippen molar-refractivity contribution in [3.8, 4) is 0 Å². The fourth-order valence-corrected chi connectivity index (χ4v) is 5.82. The fourth-order valence-electron chi connectivity index (χ4n) is 5.82. The number of amidine groups is 1. The van der Waals surface area contributed by atoms with Crippen LogP contribution in [0.5, 0.6) is 0 Å². The Kier molecular flexibility index (Phi) is 17.2. The normalized spacial score (nSPS) is 18.8. The van der Waals surface area contributed by atoms with Crippen molar-refractivity contribution in [3.63, 3.8) is 0 Å². The Labute approximate surface area is 202 Å². The predicted molar refractivity (Wildman–Crippen MR) is 143 cm³/mol. The average molecular weight is 448 g/mol. The summed E-state index contributed by atoms with van der Waals surface area (Å²) >= 11 is 0. The van der Waals surface area contributed by atoms with Gasteiger partial charge in [0.1, 0.15) is 13.1 Å². The van der Waals surface area contributed by atoms with E-state index in [-0.39, 0.29) is 0 Å². The first-order chi connectivity index (χ1) is 15.9. The van der Waals surface area contributed by atoms with Crippen molar-refractivity contribution < 1.29 is 4.58 Å². The number of nitrogens with zero attached hydrogens (tertiary/aromatic N) is 2. The van der Waals surface area contributed by atoms with Crippen molar-refractivity contribution in [1.82, 2.24) is 4.90 Å². The minimum atomic E-state index is 1.30. The standard InChI is InChI=1S/C30H59N2/c1-2-3-4-5-6-7-8-9-10-11-14-17-20-23-26-31-28-29-32-27-24-21-18-15-12-13-16-19-22-25-30(31)32/h2-29H2,1H3/q+1. The fraction of sp³-hybridized carbons (Fsp3) is 0.967. The molecule has 0 radical (unpaired) electrons. The van der Waals surface area contributed by atoms with E-state index in [9.17, 15) is 0 Å². The molecule has 0 N–H and O–H groups in total. The predicted octanol–water partition coefficient (Wildman–Crippen LogP) is 9.11. The van der Waals surface area contributed by atoms with E-state index in [0.29, 0.717) is 0 Å². The van der Waals surface area contributed by atoms with Gasteiger partial charge in [-0.05, 0) is 32.1 Å². The lowest BCUT2D eigenvalue weighted by Crippen LogP contribution is -2.30. The van der Waals surface area contributed by atoms with Crippen LogP contribution in [-0.4, -0.2) is 41.5 Å². The summed E-state index contributed by atoms with van der Waals surface area (Å²) in [5, 5.41) is 0. The molecule has 2 rings (SSSR count). The van der Waals surface area contributed by atoms with E-state index in [4.69, 9.17) is 0 Å². The van der Waals surface area contributed by atoms with Gasteiger partial charge in [0.05, 0.1) is 13.1 Å². The molecule has 2 heteroatoms. The average Bonchev–Trinajstić information content (AvgIpc) is 3.19. The van der Waals surface area contributed by atoms with Gasteiger partial charge in [0.15, 0.2) is 0 Å². The van der Waals surface area contributed by atoms with Gasteiger partial charge in [-0.3, -0.25) is 9.48 Å². The molecule has 0 aromatic carbocycles. The molecular formula is C30H59N2+. The lowest BCUT2D eigenvalue weighted by atomic mass is 10.0. The van der Waals surface area contributed by atoms with Gasteiger partial charge in [-0.15, -0.1) is 0 Å². The molecule has 0 fully saturated rings. The van der Waals surface area contributed by atoms with Gasteiger partial charge in [0.2, 0.25) is 5.84 Å². The molecule has 188 valence electrons. The van der Waals surface area contributed by atoms with E-state index < -0.39 is 0 Å². The Morgan fingerprint density at radius 1 is 0.531 bits per heavy atom. The zero-order valence-corrected chi connectivity index (χ0v) is 22.2. The Morgan fingerprint density at radius 2 is 1.00 bits per heavy atom. The smallest absolute Gasteiger partial charge is 0.247 e. The van der Waals surface area contributed by atoms with E-state index in [1.807, 2.05) is 0 Å². The van der Waals surface area contributed by atoms with Gasteiger partial charge >= 0.3 is 0 Å². The topological polar surface area (TPSA) is 6.25 Å². The van der Waals surface area contributed by atoms with Crippen LogP contribution in [0.2, 0.25) is 0 Å². The molecule has 2 aliphatic rings. The molecule has 2 aliphatic heterocycles. The van der Waals surface area contributed by atoms with Crippen LogP contribution in [0, 0.1) is 0 Å². The zero-order valence-electron chi connectivity index (χ0n) is 22.2. The molecule has 0 aromatic rings. The van der Waals surface area contributed by atoms with E-state index in [1.54, 1.807) is 5.84 Å². The maximum atomic E-state index is 2.78. The summed E-state index contributed by atoms with van der Waals surface area (Å²) in [6.07, 6.45) is 34.8. The molecule has 0 aromatic heterocycles. The molecule has 0 atom stereocenters. The number of hydrogen-bond donors (Lipinski definition) is 0. The first-order valence-corrected chi connectivity index (χ1v) is 15.3. The van der Waals surface area contributed by atoms with Crippen LogP contribution in [0.15, 0.2) is 0 Å². The lowest BCUT2D eigenvalue weighted by molar-refractivity contribution is -0.519. The highest BCUT2D eigenvalue weighted by Gasteiger charge is 2.28. The van der Waals surface area contributed by atoms with Gasteiger partial charge in [0, 0.05) is 6.42 Å². The van der Waals surface area contributed by atoms with Crippen molar-refractivity contribution in [1.29, 1.82) is 0 Å². The Bertz CT molecular complexity index is 456. The molecule has 2 nitrogen and oxygen atoms in total. The second-order valence-electron chi connectivity index (χ2n) is 10.9. The molecular weight excluding hydrogens is 388 g/mol. The highest BCUT2D eigenvalue weighted by atomic mass is 15.3. The van der Waals surface area contributed by atoms with Crippen LogP contribution in [0.4, 0.5) is 0 Å². The first kappa shape index (κ1) is 27.7. The van der Waals surface area contributed by atoms with Crippen molar-refractivity contribution in [2.75, 3.05) is 26.2 Å². The highest BCUT2D eigenvalue weighted by Crippen LogP contribution is 2.17. The third-order valence-corrected chi connectivity index (χ3v) is 7.98. The van der Waals surface area contributed by atoms with Crippen molar-refractivity contribution in [3.05, 3.63) is 0 Å². The van der Waals surface area contributed by atoms with Gasteiger partial charge < -0.3 is 0 Å². The minimum absolute atomic E-state index is 1.30. The molecule has 0 spiro atoms. The van der Waals surface area contributed by atoms with Crippen LogP contribution in [0.25, 0.3) is 0 Å². The molecule has 0 unspecified atom stereocenters. The van der Waals surface area contributed by atoms with Crippen molar-refractivity contribution in [2.24, 2.45) is 0 Å². The Balaban J connectivity index is 1.49. The highest BCUT2D eigenvalue weighted by molar-refractivity contribution is 5.78. The zero-order chi connectivity index (χ0) is 22.5. The quantitative estimate of drug-likeness (QED) is 0.179. The molecule has 2 heterocycles. The van der Waals surface area contributed by atoms with Crippen LogP contribution in [0.1, 0.15) is 161 Å². The molecule has 32 heavy (non-hydrogen) atoms. The van der Waals surface area contributed by atoms with E-state index >= 15 is 0 Å². The summed E-state index contributed by atoms with van der Waals surface area (Å²) in [6.45, 7) is 7.55. The van der Waals surface area contributed by atoms with Crippen LogP contribution < -0.4 is 0 Å². The second kappa shape index (κ2) is 19.9. The van der Waals surface area contributed by atoms with Gasteiger partial charge in [-0.2, -0.15) is 0 Å². The third kappa shape index (κ3) is 13.2. The van der Waals surface area contributed by atoms with Gasteiger partial charge in [-0.25, -0.2) is 0 Å². The summed E-state index contributed by atoms with van der Waals surface area (Å²) in [5.41, 5.74) is 0. The maximum Gasteiger partial charge on any atom is 0.247 e. The van der Waals surface area contributed by atoms with Crippen LogP contribution in [-0.2, 0) is 0 Å². The first-order valence-electron chi connectivity index (χ1n) is 15.3. The summed E-state index contributed by atoms with van der Waals surface area (Å²) in [7, 11) is 0. The summed E-state index contributed by atoms with van der Waals surface area (Å²) in [5.74, 6) is 1.72. The van der Waals surface area contributed by atoms with Gasteiger partial charge in [-0.1, -0.05) is 122 Å². The molecule has 0 saturated heterocycles. The Morgan fingerprint density at radius 3 is 1.56 bits per heavy atom. The van der Waals surface area contributed by atoms with E-state index in [2.05, 4.69) is 16.4 Å². The monoisotopic (exact) mass is 447 g/mol. The molecule has 0 bridgehead atoms. The minimum Gasteiger partial charge on any atom is -0.262 e. The third-order valence-electron chi connectivity index (χ3n) is 7.98. The van der Waals surface area contributed by atoms with Gasteiger partial charge in [0.25, 0.3) is 0 Å². The van der Waals surface area contributed by atoms with Crippen LogP contribution in [0.3, 0.4) is 0 Å². The van der Waals surface area contributed by atoms with Crippen LogP contribution >= 0.6 is 0 Å². The number of hydrogen-bond acceptors (Lipinski definition) is 1. The maximum absolute atomic E-state index is 2.78. The summed E-state index contributed by atoms with van der Waals surface area (Å²) < 4.78 is 2.77. The van der Waals surface area contributed by atoms with Crippen molar-refractivity contribution >= 4 is 5.84 Å². The second-order valence-corrected chi connectivity index (χ2v) is 10.9. The van der Waals surface area contributed by atoms with E-state index in [0.717, 1.165) is 0 Å². The van der Waals surface area contributed by atoms with E-state index in [1.165, 1.54) is 180 Å². The molecule has 0 saturated carbocycles. The number of rotatable bonds is 15.